The summed E-state index contributed by atoms with van der Waals surface area (Å²) >= 11 is 0. The van der Waals surface area contributed by atoms with Crippen LogP contribution in [-0.2, 0) is 9.59 Å². The van der Waals surface area contributed by atoms with E-state index in [0.29, 0.717) is 30.1 Å². The number of carbonyl (C=O) groups excluding carboxylic acids is 2. The third kappa shape index (κ3) is 3.36. The lowest BCUT2D eigenvalue weighted by molar-refractivity contribution is -0.223. The second-order valence-electron chi connectivity index (χ2n) is 15.7. The maximum atomic E-state index is 14.5. The molecule has 4 heteroatoms. The van der Waals surface area contributed by atoms with Crippen molar-refractivity contribution in [2.24, 2.45) is 56.2 Å². The lowest BCUT2D eigenvalue weighted by Crippen LogP contribution is -2.68. The summed E-state index contributed by atoms with van der Waals surface area (Å²) in [5, 5.41) is 19.4. The molecule has 5 aliphatic rings. The van der Waals surface area contributed by atoms with E-state index in [2.05, 4.69) is 46.8 Å². The standard InChI is InChI=1S/C33H46N2O2/c1-28(2)12-14-33(10-8-16-34)15-13-32(7)26(22(33)19-28)23(36)17-25-30(5)18-21(20-35)27(37)29(3,4)24(30)9-11-31(25,32)6/h18,22,24-26H,8-15,17,19H2,1-7H3. The number of fused-ring (bicyclic) bond motifs is 7. The monoisotopic (exact) mass is 502 g/mol. The Kier molecular flexibility index (Phi) is 5.79. The van der Waals surface area contributed by atoms with Gasteiger partial charge in [0.05, 0.1) is 11.6 Å². The van der Waals surface area contributed by atoms with Crippen LogP contribution in [0.3, 0.4) is 0 Å². The fraction of sp³-hybridized carbons (Fsp3) is 0.818. The van der Waals surface area contributed by atoms with Gasteiger partial charge in [-0.25, -0.2) is 0 Å². The molecule has 0 aromatic rings. The molecule has 0 amide bonds. The Bertz CT molecular complexity index is 1150. The van der Waals surface area contributed by atoms with Crippen LogP contribution in [0.1, 0.15) is 113 Å². The van der Waals surface area contributed by atoms with Crippen LogP contribution in [0.15, 0.2) is 11.6 Å². The van der Waals surface area contributed by atoms with Gasteiger partial charge in [0.1, 0.15) is 11.9 Å². The summed E-state index contributed by atoms with van der Waals surface area (Å²) in [6.45, 7) is 15.9. The molecule has 4 saturated carbocycles. The number of allylic oxidation sites excluding steroid dienone is 2. The van der Waals surface area contributed by atoms with Gasteiger partial charge in [-0.05, 0) is 96.2 Å². The van der Waals surface area contributed by atoms with Gasteiger partial charge in [-0.3, -0.25) is 9.59 Å². The Morgan fingerprint density at radius 1 is 0.892 bits per heavy atom. The molecule has 0 spiro atoms. The van der Waals surface area contributed by atoms with E-state index < -0.39 is 5.41 Å². The smallest absolute Gasteiger partial charge is 0.178 e. The van der Waals surface area contributed by atoms with Gasteiger partial charge in [0.15, 0.2) is 5.78 Å². The first-order valence-electron chi connectivity index (χ1n) is 14.7. The number of Topliss-reactive ketones (excluding diaryl/α,β-unsaturated/α-hetero) is 2. The highest BCUT2D eigenvalue weighted by Crippen LogP contribution is 2.76. The summed E-state index contributed by atoms with van der Waals surface area (Å²) in [7, 11) is 0. The molecule has 8 unspecified atom stereocenters. The fourth-order valence-electron chi connectivity index (χ4n) is 11.2. The van der Waals surface area contributed by atoms with Crippen LogP contribution in [0.25, 0.3) is 0 Å². The van der Waals surface area contributed by atoms with E-state index >= 15 is 0 Å². The van der Waals surface area contributed by atoms with Crippen molar-refractivity contribution < 1.29 is 9.59 Å². The predicted octanol–water partition coefficient (Wildman–Crippen LogP) is 7.59. The lowest BCUT2D eigenvalue weighted by Gasteiger charge is -2.72. The van der Waals surface area contributed by atoms with Crippen molar-refractivity contribution in [1.82, 2.24) is 0 Å². The third-order valence-corrected chi connectivity index (χ3v) is 13.4. The zero-order chi connectivity index (χ0) is 27.2. The van der Waals surface area contributed by atoms with Gasteiger partial charge >= 0.3 is 0 Å². The molecule has 0 aromatic carbocycles. The molecule has 0 aromatic heterocycles. The molecule has 37 heavy (non-hydrogen) atoms. The molecular formula is C33H46N2O2. The Morgan fingerprint density at radius 3 is 2.22 bits per heavy atom. The van der Waals surface area contributed by atoms with Crippen LogP contribution in [0.5, 0.6) is 0 Å². The first-order chi connectivity index (χ1) is 17.1. The van der Waals surface area contributed by atoms with E-state index in [0.717, 1.165) is 44.9 Å². The Balaban J connectivity index is 1.62. The molecule has 0 radical (unpaired) electrons. The summed E-state index contributed by atoms with van der Waals surface area (Å²) in [6.07, 6.45) is 11.6. The molecule has 5 aliphatic carbocycles. The van der Waals surface area contributed by atoms with E-state index in [4.69, 9.17) is 0 Å². The Morgan fingerprint density at radius 2 is 1.57 bits per heavy atom. The van der Waals surface area contributed by atoms with Crippen LogP contribution in [0.4, 0.5) is 0 Å². The van der Waals surface area contributed by atoms with Crippen LogP contribution in [-0.4, -0.2) is 11.6 Å². The molecular weight excluding hydrogens is 456 g/mol. The molecule has 0 saturated heterocycles. The molecule has 0 heterocycles. The number of nitrogens with zero attached hydrogens (tertiary/aromatic N) is 2. The van der Waals surface area contributed by atoms with Crippen molar-refractivity contribution in [3.8, 4) is 12.1 Å². The second kappa shape index (κ2) is 8.04. The number of hydrogen-bond acceptors (Lipinski definition) is 4. The first kappa shape index (κ1) is 26.7. The molecule has 5 rings (SSSR count). The summed E-state index contributed by atoms with van der Waals surface area (Å²) in [5.41, 5.74) is -0.458. The van der Waals surface area contributed by atoms with Gasteiger partial charge in [-0.2, -0.15) is 10.5 Å². The average molecular weight is 503 g/mol. The molecule has 4 fully saturated rings. The highest BCUT2D eigenvalue weighted by Gasteiger charge is 2.72. The highest BCUT2D eigenvalue weighted by molar-refractivity contribution is 6.04. The molecule has 0 aliphatic heterocycles. The minimum absolute atomic E-state index is 0.0308. The predicted molar refractivity (Wildman–Crippen MR) is 144 cm³/mol. The average Bonchev–Trinajstić information content (AvgIpc) is 2.82. The summed E-state index contributed by atoms with van der Waals surface area (Å²) in [5.74, 6) is 1.04. The SMILES string of the molecule is CC1(C)CCC2(CCC#N)CCC3(C)C(C(=O)CC4C5(C)C=C(C#N)C(=O)C(C)(C)C5CCC43C)C2C1. The van der Waals surface area contributed by atoms with Crippen molar-refractivity contribution in [3.05, 3.63) is 11.6 Å². The largest absolute Gasteiger partial charge is 0.299 e. The molecule has 8 atom stereocenters. The lowest BCUT2D eigenvalue weighted by atomic mass is 9.31. The van der Waals surface area contributed by atoms with Crippen LogP contribution in [0, 0.1) is 78.8 Å². The molecule has 0 bridgehead atoms. The topological polar surface area (TPSA) is 81.7 Å². The minimum Gasteiger partial charge on any atom is -0.299 e. The summed E-state index contributed by atoms with van der Waals surface area (Å²) < 4.78 is 0. The van der Waals surface area contributed by atoms with Crippen molar-refractivity contribution in [1.29, 1.82) is 10.5 Å². The van der Waals surface area contributed by atoms with E-state index in [-0.39, 0.29) is 50.6 Å². The van der Waals surface area contributed by atoms with Gasteiger partial charge in [-0.1, -0.05) is 54.5 Å². The Hall–Kier alpha value is -1.94. The van der Waals surface area contributed by atoms with Crippen molar-refractivity contribution in [2.45, 2.75) is 113 Å². The van der Waals surface area contributed by atoms with Crippen LogP contribution in [0.2, 0.25) is 0 Å². The number of nitriles is 2. The maximum Gasteiger partial charge on any atom is 0.178 e. The van der Waals surface area contributed by atoms with E-state index in [1.807, 2.05) is 19.9 Å². The van der Waals surface area contributed by atoms with Crippen molar-refractivity contribution in [3.63, 3.8) is 0 Å². The van der Waals surface area contributed by atoms with Gasteiger partial charge in [0.25, 0.3) is 0 Å². The molecule has 200 valence electrons. The normalized spacial score (nSPS) is 47.8. The summed E-state index contributed by atoms with van der Waals surface area (Å²) in [6, 6.07) is 4.64. The van der Waals surface area contributed by atoms with E-state index in [1.165, 1.54) is 6.42 Å². The quantitative estimate of drug-likeness (QED) is 0.389. The highest BCUT2D eigenvalue weighted by atomic mass is 16.1. The van der Waals surface area contributed by atoms with E-state index in [9.17, 15) is 20.1 Å². The minimum atomic E-state index is -0.594. The van der Waals surface area contributed by atoms with Gasteiger partial charge in [0, 0.05) is 24.2 Å². The third-order valence-electron chi connectivity index (χ3n) is 13.4. The zero-order valence-electron chi connectivity index (χ0n) is 24.2. The molecule has 4 nitrogen and oxygen atoms in total. The van der Waals surface area contributed by atoms with E-state index in [1.54, 1.807) is 0 Å². The number of hydrogen-bond donors (Lipinski definition) is 0. The number of rotatable bonds is 2. The van der Waals surface area contributed by atoms with Gasteiger partial charge < -0.3 is 0 Å². The number of ketones is 2. The van der Waals surface area contributed by atoms with Crippen LogP contribution >= 0.6 is 0 Å². The first-order valence-corrected chi connectivity index (χ1v) is 14.7. The van der Waals surface area contributed by atoms with Gasteiger partial charge in [-0.15, -0.1) is 0 Å². The maximum absolute atomic E-state index is 14.5. The van der Waals surface area contributed by atoms with Crippen molar-refractivity contribution >= 4 is 11.6 Å². The van der Waals surface area contributed by atoms with Crippen molar-refractivity contribution in [2.75, 3.05) is 0 Å². The summed E-state index contributed by atoms with van der Waals surface area (Å²) in [4.78, 5) is 27.7. The fourth-order valence-corrected chi connectivity index (χ4v) is 11.2. The van der Waals surface area contributed by atoms with Gasteiger partial charge in [0.2, 0.25) is 0 Å². The Labute approximate surface area is 224 Å². The molecule has 0 N–H and O–H groups in total. The number of carbonyl (C=O) groups is 2. The van der Waals surface area contributed by atoms with Crippen LogP contribution < -0.4 is 0 Å². The zero-order valence-corrected chi connectivity index (χ0v) is 24.2. The second-order valence-corrected chi connectivity index (χ2v) is 15.7.